The molecule has 40 heavy (non-hydrogen) atoms. The highest BCUT2D eigenvalue weighted by atomic mass is 35.5. The van der Waals surface area contributed by atoms with Crippen LogP contribution in [0.15, 0.2) is 60.7 Å². The number of hydrogen-bond donors (Lipinski definition) is 3. The lowest BCUT2D eigenvalue weighted by molar-refractivity contribution is 0.490. The fraction of sp³-hybridized carbons (Fsp3) is 0.125. The van der Waals surface area contributed by atoms with Crippen LogP contribution >= 0.6 is 11.6 Å². The molecule has 0 atom stereocenters. The Bertz CT molecular complexity index is 1900. The number of fused-ring (bicyclic) bond motifs is 1. The summed E-state index contributed by atoms with van der Waals surface area (Å²) in [6.45, 7) is 0. The van der Waals surface area contributed by atoms with Crippen molar-refractivity contribution >= 4 is 49.0 Å². The van der Waals surface area contributed by atoms with Gasteiger partial charge in [-0.1, -0.05) is 48.0 Å². The lowest BCUT2D eigenvalue weighted by Crippen LogP contribution is -2.29. The number of benzene rings is 2. The number of nitrogens with one attached hydrogen (secondary N) is 1. The molecule has 210 valence electrons. The van der Waals surface area contributed by atoms with Crippen molar-refractivity contribution in [3.8, 4) is 34.0 Å². The molecule has 3 aromatic heterocycles. The van der Waals surface area contributed by atoms with Gasteiger partial charge in [-0.25, -0.2) is 19.3 Å². The van der Waals surface area contributed by atoms with Gasteiger partial charge < -0.3 is 10.7 Å². The summed E-state index contributed by atoms with van der Waals surface area (Å²) in [5.74, 6) is -0.549. The van der Waals surface area contributed by atoms with Gasteiger partial charge in [0.15, 0.2) is 5.65 Å². The van der Waals surface area contributed by atoms with Crippen LogP contribution in [0.4, 0.5) is 10.3 Å². The van der Waals surface area contributed by atoms with E-state index in [-0.39, 0.29) is 28.0 Å². The topological polar surface area (TPSA) is 177 Å². The van der Waals surface area contributed by atoms with E-state index in [1.165, 1.54) is 26.2 Å². The molecule has 3 heterocycles. The van der Waals surface area contributed by atoms with Crippen molar-refractivity contribution < 1.29 is 25.8 Å². The number of rotatable bonds is 5. The van der Waals surface area contributed by atoms with Crippen molar-refractivity contribution in [2.75, 3.05) is 26.1 Å². The molecule has 5 aromatic rings. The van der Waals surface area contributed by atoms with Gasteiger partial charge in [0.1, 0.15) is 17.2 Å². The minimum atomic E-state index is -3.99. The molecule has 0 amide bonds. The number of aromatic nitrogens is 5. The van der Waals surface area contributed by atoms with Crippen LogP contribution in [-0.2, 0) is 20.3 Å². The summed E-state index contributed by atoms with van der Waals surface area (Å²) in [5, 5.41) is 0.191. The number of halogens is 2. The van der Waals surface area contributed by atoms with Crippen LogP contribution in [0.5, 0.6) is 0 Å². The number of aromatic amines is 1. The smallest absolute Gasteiger partial charge is 0.311 e. The molecule has 2 aromatic carbocycles. The quantitative estimate of drug-likeness (QED) is 0.251. The van der Waals surface area contributed by atoms with Crippen LogP contribution in [0.1, 0.15) is 0 Å². The maximum absolute atomic E-state index is 14.7. The Morgan fingerprint density at radius 2 is 1.62 bits per heavy atom. The van der Waals surface area contributed by atoms with E-state index in [0.717, 1.165) is 13.8 Å². The van der Waals surface area contributed by atoms with Gasteiger partial charge in [-0.05, 0) is 24.3 Å². The normalized spacial score (nSPS) is 12.0. The molecule has 0 fully saturated rings. The average molecular weight is 608 g/mol. The van der Waals surface area contributed by atoms with Crippen molar-refractivity contribution in [1.82, 2.24) is 28.2 Å². The molecule has 0 saturated heterocycles. The summed E-state index contributed by atoms with van der Waals surface area (Å²) < 4.78 is 68.2. The maximum Gasteiger partial charge on any atom is 0.311 e. The number of imidazole rings is 2. The van der Waals surface area contributed by atoms with Gasteiger partial charge in [0.25, 0.3) is 10.1 Å². The zero-order chi connectivity index (χ0) is 29.4. The fourth-order valence-electron chi connectivity index (χ4n) is 3.69. The van der Waals surface area contributed by atoms with Crippen molar-refractivity contribution in [3.05, 3.63) is 71.5 Å². The fourth-order valence-corrected chi connectivity index (χ4v) is 4.90. The third-order valence-electron chi connectivity index (χ3n) is 5.39. The second-order valence-electron chi connectivity index (χ2n) is 8.57. The van der Waals surface area contributed by atoms with E-state index >= 15 is 0 Å². The number of nitrogen functional groups attached to an aromatic ring is 1. The third kappa shape index (κ3) is 5.97. The minimum absolute atomic E-state index is 0.0489. The van der Waals surface area contributed by atoms with E-state index in [2.05, 4.69) is 19.9 Å². The Kier molecular flexibility index (Phi) is 7.96. The van der Waals surface area contributed by atoms with Crippen molar-refractivity contribution in [2.45, 2.75) is 0 Å². The molecular formula is C24H23ClFN7O5S2. The molecule has 0 aliphatic carbocycles. The van der Waals surface area contributed by atoms with Gasteiger partial charge >= 0.3 is 10.2 Å². The van der Waals surface area contributed by atoms with E-state index in [4.69, 9.17) is 21.9 Å². The Morgan fingerprint density at radius 3 is 2.23 bits per heavy atom. The first-order chi connectivity index (χ1) is 18.7. The van der Waals surface area contributed by atoms with Gasteiger partial charge in [0.2, 0.25) is 5.95 Å². The largest absolute Gasteiger partial charge is 0.368 e. The summed E-state index contributed by atoms with van der Waals surface area (Å²) >= 11 is 6.29. The van der Waals surface area contributed by atoms with Crippen LogP contribution < -0.4 is 5.73 Å². The SMILES string of the molecule is CN(C)S(=O)(=O)n1c(N)nc2ccc(-c3[nH]c(-c4c(F)cccc4Cl)nc3-c3ccccc3)nc21.CS(=O)(=O)O. The lowest BCUT2D eigenvalue weighted by atomic mass is 10.1. The predicted octanol–water partition coefficient (Wildman–Crippen LogP) is 3.69. The lowest BCUT2D eigenvalue weighted by Gasteiger charge is -2.13. The summed E-state index contributed by atoms with van der Waals surface area (Å²) in [4.78, 5) is 16.5. The number of anilines is 1. The molecule has 5 rings (SSSR count). The first-order valence-corrected chi connectivity index (χ1v) is 14.9. The highest BCUT2D eigenvalue weighted by Crippen LogP contribution is 2.36. The Labute approximate surface area is 234 Å². The summed E-state index contributed by atoms with van der Waals surface area (Å²) in [7, 11) is -4.89. The maximum atomic E-state index is 14.7. The van der Waals surface area contributed by atoms with Gasteiger partial charge in [-0.2, -0.15) is 25.1 Å². The first-order valence-electron chi connectivity index (χ1n) is 11.3. The van der Waals surface area contributed by atoms with Gasteiger partial charge in [-0.15, -0.1) is 0 Å². The molecule has 0 bridgehead atoms. The highest BCUT2D eigenvalue weighted by molar-refractivity contribution is 7.87. The molecular weight excluding hydrogens is 585 g/mol. The van der Waals surface area contributed by atoms with Gasteiger partial charge in [0.05, 0.1) is 33.9 Å². The van der Waals surface area contributed by atoms with E-state index in [1.807, 2.05) is 30.3 Å². The van der Waals surface area contributed by atoms with Gasteiger partial charge in [-0.3, -0.25) is 4.55 Å². The number of hydrogen-bond acceptors (Lipinski definition) is 8. The minimum Gasteiger partial charge on any atom is -0.368 e. The molecule has 16 heteroatoms. The van der Waals surface area contributed by atoms with E-state index in [1.54, 1.807) is 18.2 Å². The van der Waals surface area contributed by atoms with Crippen LogP contribution in [0, 0.1) is 5.82 Å². The van der Waals surface area contributed by atoms with Crippen molar-refractivity contribution in [1.29, 1.82) is 0 Å². The second kappa shape index (κ2) is 10.9. The van der Waals surface area contributed by atoms with Crippen molar-refractivity contribution in [3.63, 3.8) is 0 Å². The second-order valence-corrected chi connectivity index (χ2v) is 12.4. The molecule has 12 nitrogen and oxygen atoms in total. The first kappa shape index (κ1) is 29.1. The average Bonchev–Trinajstić information content (AvgIpc) is 3.44. The Morgan fingerprint density at radius 1 is 0.975 bits per heavy atom. The monoisotopic (exact) mass is 607 g/mol. The molecule has 0 unspecified atom stereocenters. The van der Waals surface area contributed by atoms with Crippen LogP contribution in [0.3, 0.4) is 0 Å². The zero-order valence-corrected chi connectivity index (χ0v) is 23.6. The van der Waals surface area contributed by atoms with Crippen molar-refractivity contribution in [2.24, 2.45) is 0 Å². The summed E-state index contributed by atoms with van der Waals surface area (Å²) in [6.07, 6.45) is 0.715. The number of nitrogens with two attached hydrogens (primary N) is 1. The standard InChI is InChI=1S/C23H19ClFN7O2S.CH4O3S/c1-31(2)35(33,34)32-22-17(28-23(32)26)12-11-16(27-22)20-19(13-7-4-3-5-8-13)29-21(30-20)18-14(24)9-6-10-15(18)25;1-5(2,3)4/h3-12H,1-2H3,(H2,26,28)(H,29,30);1H3,(H,2,3,4). The van der Waals surface area contributed by atoms with Crippen LogP contribution in [0.25, 0.3) is 45.2 Å². The highest BCUT2D eigenvalue weighted by Gasteiger charge is 2.26. The Hall–Kier alpha value is -3.89. The molecule has 0 spiro atoms. The van der Waals surface area contributed by atoms with E-state index < -0.39 is 26.1 Å². The van der Waals surface area contributed by atoms with Gasteiger partial charge in [0, 0.05) is 19.7 Å². The molecule has 0 aliphatic heterocycles. The molecule has 0 aliphatic rings. The zero-order valence-electron chi connectivity index (χ0n) is 21.2. The number of H-pyrrole nitrogens is 1. The number of pyridine rings is 1. The predicted molar refractivity (Wildman–Crippen MR) is 151 cm³/mol. The number of nitrogens with zero attached hydrogens (tertiary/aromatic N) is 5. The summed E-state index contributed by atoms with van der Waals surface area (Å²) in [5.41, 5.74) is 8.43. The molecule has 0 radical (unpaired) electrons. The molecule has 0 saturated carbocycles. The van der Waals surface area contributed by atoms with E-state index in [9.17, 15) is 21.2 Å². The molecule has 4 N–H and O–H groups in total. The summed E-state index contributed by atoms with van der Waals surface area (Å²) in [6, 6.07) is 16.9. The van der Waals surface area contributed by atoms with Crippen LogP contribution in [-0.4, -0.2) is 70.0 Å². The Balaban J connectivity index is 0.000000681. The third-order valence-corrected chi connectivity index (χ3v) is 7.45. The van der Waals surface area contributed by atoms with Crippen LogP contribution in [0.2, 0.25) is 5.02 Å². The van der Waals surface area contributed by atoms with E-state index in [0.29, 0.717) is 28.9 Å².